The normalized spacial score (nSPS) is 15.2. The van der Waals surface area contributed by atoms with E-state index in [0.717, 1.165) is 29.5 Å². The predicted octanol–water partition coefficient (Wildman–Crippen LogP) is 0.742. The van der Waals surface area contributed by atoms with Crippen molar-refractivity contribution in [1.82, 2.24) is 0 Å². The van der Waals surface area contributed by atoms with Crippen molar-refractivity contribution in [3.05, 3.63) is 18.2 Å². The fraction of sp³-hybridized carbons (Fsp3) is 0.455. The largest absolute Gasteiger partial charge is 0.497 e. The molecule has 1 saturated carbocycles. The van der Waals surface area contributed by atoms with Crippen LogP contribution in [-0.4, -0.2) is 21.6 Å². The maximum absolute atomic E-state index is 5.65. The minimum absolute atomic E-state index is 0.794. The highest BCUT2D eigenvalue weighted by atomic mass is 16.5. The Balaban J connectivity index is 2.01. The zero-order valence-corrected chi connectivity index (χ0v) is 8.75. The maximum Gasteiger partial charge on any atom is 0.144 e. The van der Waals surface area contributed by atoms with E-state index in [4.69, 9.17) is 9.47 Å². The van der Waals surface area contributed by atoms with Crippen LogP contribution in [-0.2, 0) is 0 Å². The van der Waals surface area contributed by atoms with Gasteiger partial charge in [0.25, 0.3) is 0 Å². The maximum atomic E-state index is 5.65. The zero-order valence-electron chi connectivity index (χ0n) is 8.75. The minimum atomic E-state index is 0.794. The third-order valence-electron chi connectivity index (χ3n) is 2.56. The number of benzene rings is 1. The average Bonchev–Trinajstić information content (AvgIpc) is 3.00. The molecule has 0 N–H and O–H groups in total. The third-order valence-corrected chi connectivity index (χ3v) is 2.56. The molecule has 0 amide bonds. The van der Waals surface area contributed by atoms with E-state index < -0.39 is 0 Å². The van der Waals surface area contributed by atoms with Crippen molar-refractivity contribution in [3.63, 3.8) is 0 Å². The van der Waals surface area contributed by atoms with Gasteiger partial charge in [-0.25, -0.2) is 0 Å². The fourth-order valence-corrected chi connectivity index (χ4v) is 1.39. The number of hydrogen-bond donors (Lipinski definition) is 0. The molecule has 0 unspecified atom stereocenters. The summed E-state index contributed by atoms with van der Waals surface area (Å²) in [6, 6.07) is 5.99. The van der Waals surface area contributed by atoms with E-state index >= 15 is 0 Å². The van der Waals surface area contributed by atoms with Gasteiger partial charge in [-0.1, -0.05) is 6.07 Å². The Morgan fingerprint density at radius 2 is 2.21 bits per heavy atom. The van der Waals surface area contributed by atoms with Gasteiger partial charge in [0, 0.05) is 6.07 Å². The summed E-state index contributed by atoms with van der Waals surface area (Å²) in [5.74, 6) is 2.61. The summed E-state index contributed by atoms with van der Waals surface area (Å²) in [5, 5.41) is 0. The van der Waals surface area contributed by atoms with Crippen LogP contribution in [0.4, 0.5) is 0 Å². The van der Waals surface area contributed by atoms with E-state index in [1.165, 1.54) is 12.8 Å². The van der Waals surface area contributed by atoms with Crippen LogP contribution in [0, 0.1) is 5.92 Å². The first-order chi connectivity index (χ1) is 6.79. The second kappa shape index (κ2) is 3.95. The van der Waals surface area contributed by atoms with Gasteiger partial charge in [0.1, 0.15) is 19.3 Å². The van der Waals surface area contributed by atoms with Gasteiger partial charge < -0.3 is 9.47 Å². The number of hydrogen-bond acceptors (Lipinski definition) is 2. The molecular formula is C11H15BO2. The lowest BCUT2D eigenvalue weighted by atomic mass is 9.95. The molecule has 3 heteroatoms. The number of methoxy groups -OCH3 is 1. The van der Waals surface area contributed by atoms with Crippen molar-refractivity contribution >= 4 is 13.3 Å². The molecule has 0 heterocycles. The Hall–Kier alpha value is -1.12. The molecule has 1 aliphatic rings. The van der Waals surface area contributed by atoms with E-state index in [0.29, 0.717) is 0 Å². The van der Waals surface area contributed by atoms with Crippen LogP contribution in [0.25, 0.3) is 0 Å². The molecule has 1 aromatic carbocycles. The molecule has 1 fully saturated rings. The Morgan fingerprint density at radius 3 is 2.86 bits per heavy atom. The van der Waals surface area contributed by atoms with Crippen LogP contribution in [0.2, 0.25) is 0 Å². The van der Waals surface area contributed by atoms with Gasteiger partial charge in [-0.15, -0.1) is 0 Å². The van der Waals surface area contributed by atoms with Crippen LogP contribution in [0.3, 0.4) is 0 Å². The summed E-state index contributed by atoms with van der Waals surface area (Å²) >= 11 is 0. The molecule has 0 bridgehead atoms. The van der Waals surface area contributed by atoms with Crippen molar-refractivity contribution in [2.45, 2.75) is 12.8 Å². The molecule has 1 aromatic rings. The lowest BCUT2D eigenvalue weighted by Crippen LogP contribution is -2.07. The van der Waals surface area contributed by atoms with Gasteiger partial charge in [-0.05, 0) is 30.3 Å². The molecule has 14 heavy (non-hydrogen) atoms. The zero-order chi connectivity index (χ0) is 9.97. The fourth-order valence-electron chi connectivity index (χ4n) is 1.39. The SMILES string of the molecule is Bc1ccc(OCC2CC2)cc1OC. The van der Waals surface area contributed by atoms with Crippen LogP contribution >= 0.6 is 0 Å². The molecule has 0 aliphatic heterocycles. The van der Waals surface area contributed by atoms with Crippen molar-refractivity contribution < 1.29 is 9.47 Å². The number of ether oxygens (including phenoxy) is 2. The first kappa shape index (κ1) is 9.44. The monoisotopic (exact) mass is 190 g/mol. The summed E-state index contributed by atoms with van der Waals surface area (Å²) < 4.78 is 10.9. The first-order valence-electron chi connectivity index (χ1n) is 5.07. The van der Waals surface area contributed by atoms with Crippen LogP contribution < -0.4 is 14.9 Å². The van der Waals surface area contributed by atoms with Gasteiger partial charge in [0.2, 0.25) is 0 Å². The van der Waals surface area contributed by atoms with Gasteiger partial charge in [-0.3, -0.25) is 0 Å². The van der Waals surface area contributed by atoms with E-state index in [9.17, 15) is 0 Å². The average molecular weight is 190 g/mol. The summed E-state index contributed by atoms with van der Waals surface area (Å²) in [5.41, 5.74) is 1.14. The first-order valence-corrected chi connectivity index (χ1v) is 5.07. The van der Waals surface area contributed by atoms with Crippen molar-refractivity contribution in [2.75, 3.05) is 13.7 Å². The number of rotatable bonds is 4. The lowest BCUT2D eigenvalue weighted by Gasteiger charge is -2.09. The van der Waals surface area contributed by atoms with E-state index in [1.807, 2.05) is 26.0 Å². The summed E-state index contributed by atoms with van der Waals surface area (Å²) in [4.78, 5) is 0. The van der Waals surface area contributed by atoms with Crippen molar-refractivity contribution in [2.24, 2.45) is 5.92 Å². The van der Waals surface area contributed by atoms with Gasteiger partial charge in [0.05, 0.1) is 13.7 Å². The molecule has 0 atom stereocenters. The Bertz CT molecular complexity index is 321. The molecule has 74 valence electrons. The molecule has 1 aliphatic carbocycles. The summed E-state index contributed by atoms with van der Waals surface area (Å²) in [6.45, 7) is 0.853. The standard InChI is InChI=1S/C11H15BO2/c1-13-11-6-9(4-5-10(11)12)14-7-8-2-3-8/h4-6,8H,2-3,7,12H2,1H3. The molecule has 2 rings (SSSR count). The minimum Gasteiger partial charge on any atom is -0.497 e. The topological polar surface area (TPSA) is 18.5 Å². The Labute approximate surface area is 85.6 Å². The van der Waals surface area contributed by atoms with Gasteiger partial charge in [0.15, 0.2) is 0 Å². The molecule has 0 aromatic heterocycles. The Morgan fingerprint density at radius 1 is 1.43 bits per heavy atom. The molecule has 2 nitrogen and oxygen atoms in total. The summed E-state index contributed by atoms with van der Waals surface area (Å²) in [7, 11) is 3.72. The molecule has 0 radical (unpaired) electrons. The van der Waals surface area contributed by atoms with Crippen LogP contribution in [0.5, 0.6) is 11.5 Å². The molecule has 0 saturated heterocycles. The quantitative estimate of drug-likeness (QED) is 0.652. The molecule has 0 spiro atoms. The predicted molar refractivity (Wildman–Crippen MR) is 59.4 cm³/mol. The van der Waals surface area contributed by atoms with Gasteiger partial charge >= 0.3 is 0 Å². The smallest absolute Gasteiger partial charge is 0.144 e. The summed E-state index contributed by atoms with van der Waals surface area (Å²) in [6.07, 6.45) is 2.64. The van der Waals surface area contributed by atoms with Crippen molar-refractivity contribution in [1.29, 1.82) is 0 Å². The van der Waals surface area contributed by atoms with E-state index in [1.54, 1.807) is 7.11 Å². The Kier molecular flexibility index (Phi) is 2.66. The van der Waals surface area contributed by atoms with Crippen LogP contribution in [0.1, 0.15) is 12.8 Å². The second-order valence-corrected chi connectivity index (χ2v) is 3.89. The molecular weight excluding hydrogens is 175 g/mol. The highest BCUT2D eigenvalue weighted by Gasteiger charge is 2.21. The lowest BCUT2D eigenvalue weighted by molar-refractivity contribution is 0.298. The highest BCUT2D eigenvalue weighted by molar-refractivity contribution is 6.34. The second-order valence-electron chi connectivity index (χ2n) is 3.89. The van der Waals surface area contributed by atoms with E-state index in [-0.39, 0.29) is 0 Å². The van der Waals surface area contributed by atoms with Gasteiger partial charge in [-0.2, -0.15) is 0 Å². The van der Waals surface area contributed by atoms with Crippen LogP contribution in [0.15, 0.2) is 18.2 Å². The van der Waals surface area contributed by atoms with Crippen molar-refractivity contribution in [3.8, 4) is 11.5 Å². The highest BCUT2D eigenvalue weighted by Crippen LogP contribution is 2.29. The van der Waals surface area contributed by atoms with E-state index in [2.05, 4.69) is 0 Å². The third kappa shape index (κ3) is 2.22.